The molecular formula is C17H16F3NO4. The quantitative estimate of drug-likeness (QED) is 0.816. The number of hydrogen-bond donors (Lipinski definition) is 1. The molecule has 0 radical (unpaired) electrons. The van der Waals surface area contributed by atoms with Gasteiger partial charge in [0.15, 0.2) is 6.61 Å². The Morgan fingerprint density at radius 2 is 1.44 bits per heavy atom. The van der Waals surface area contributed by atoms with E-state index >= 15 is 0 Å². The average molecular weight is 355 g/mol. The zero-order chi connectivity index (χ0) is 18.3. The number of carbonyl (C=O) groups excluding carboxylic acids is 1. The molecule has 1 amide bonds. The van der Waals surface area contributed by atoms with E-state index in [1.807, 2.05) is 6.92 Å². The number of anilines is 1. The summed E-state index contributed by atoms with van der Waals surface area (Å²) in [5.41, 5.74) is 0.329. The average Bonchev–Trinajstić information content (AvgIpc) is 2.55. The van der Waals surface area contributed by atoms with Crippen LogP contribution in [0.25, 0.3) is 0 Å². The number of nitrogens with one attached hydrogen (secondary N) is 1. The van der Waals surface area contributed by atoms with E-state index in [-0.39, 0.29) is 12.4 Å². The number of amides is 1. The predicted octanol–water partition coefficient (Wildman–Crippen LogP) is 4.00. The van der Waals surface area contributed by atoms with Crippen LogP contribution in [-0.4, -0.2) is 25.5 Å². The zero-order valence-electron chi connectivity index (χ0n) is 13.3. The lowest BCUT2D eigenvalue weighted by atomic mass is 10.3. The summed E-state index contributed by atoms with van der Waals surface area (Å²) in [6.07, 6.45) is -4.75. The van der Waals surface area contributed by atoms with Crippen molar-refractivity contribution in [3.05, 3.63) is 48.5 Å². The van der Waals surface area contributed by atoms with Gasteiger partial charge < -0.3 is 19.5 Å². The maximum Gasteiger partial charge on any atom is 0.573 e. The van der Waals surface area contributed by atoms with E-state index < -0.39 is 12.3 Å². The van der Waals surface area contributed by atoms with Crippen LogP contribution in [0.1, 0.15) is 6.92 Å². The van der Waals surface area contributed by atoms with Crippen LogP contribution in [0.2, 0.25) is 0 Å². The van der Waals surface area contributed by atoms with Gasteiger partial charge in [0.1, 0.15) is 17.2 Å². The summed E-state index contributed by atoms with van der Waals surface area (Å²) in [5.74, 6) is 0.377. The SMILES string of the molecule is CCOc1ccc(OCC(=O)Nc2ccc(OC(F)(F)F)cc2)cc1. The van der Waals surface area contributed by atoms with Gasteiger partial charge in [-0.1, -0.05) is 0 Å². The fourth-order valence-corrected chi connectivity index (χ4v) is 1.88. The van der Waals surface area contributed by atoms with Crippen molar-refractivity contribution in [1.82, 2.24) is 0 Å². The molecule has 0 unspecified atom stereocenters. The molecule has 0 aliphatic carbocycles. The third-order valence-corrected chi connectivity index (χ3v) is 2.88. The summed E-state index contributed by atoms with van der Waals surface area (Å²) >= 11 is 0. The molecule has 0 spiro atoms. The summed E-state index contributed by atoms with van der Waals surface area (Å²) in [6.45, 7) is 2.18. The first-order valence-corrected chi connectivity index (χ1v) is 7.37. The highest BCUT2D eigenvalue weighted by atomic mass is 19.4. The van der Waals surface area contributed by atoms with Crippen LogP contribution in [0.4, 0.5) is 18.9 Å². The van der Waals surface area contributed by atoms with Gasteiger partial charge in [0.25, 0.3) is 5.91 Å². The smallest absolute Gasteiger partial charge is 0.494 e. The first kappa shape index (κ1) is 18.4. The molecule has 0 fully saturated rings. The number of benzene rings is 2. The van der Waals surface area contributed by atoms with Crippen LogP contribution in [0, 0.1) is 0 Å². The van der Waals surface area contributed by atoms with Crippen LogP contribution in [0.3, 0.4) is 0 Å². The lowest BCUT2D eigenvalue weighted by molar-refractivity contribution is -0.274. The molecule has 0 heterocycles. The van der Waals surface area contributed by atoms with Crippen LogP contribution >= 0.6 is 0 Å². The molecular weight excluding hydrogens is 339 g/mol. The molecule has 0 aliphatic heterocycles. The van der Waals surface area contributed by atoms with Crippen molar-refractivity contribution in [1.29, 1.82) is 0 Å². The van der Waals surface area contributed by atoms with Gasteiger partial charge in [0, 0.05) is 5.69 Å². The van der Waals surface area contributed by atoms with Gasteiger partial charge in [0.05, 0.1) is 6.61 Å². The number of carbonyl (C=O) groups is 1. The van der Waals surface area contributed by atoms with E-state index in [0.29, 0.717) is 23.8 Å². The Kier molecular flexibility index (Phi) is 6.10. The normalized spacial score (nSPS) is 10.9. The molecule has 2 aromatic rings. The molecule has 1 N–H and O–H groups in total. The fourth-order valence-electron chi connectivity index (χ4n) is 1.88. The highest BCUT2D eigenvalue weighted by molar-refractivity contribution is 5.91. The topological polar surface area (TPSA) is 56.8 Å². The Morgan fingerprint density at radius 3 is 1.96 bits per heavy atom. The minimum Gasteiger partial charge on any atom is -0.494 e. The third-order valence-electron chi connectivity index (χ3n) is 2.88. The Bertz CT molecular complexity index is 685. The highest BCUT2D eigenvalue weighted by Gasteiger charge is 2.30. The maximum absolute atomic E-state index is 12.1. The molecule has 5 nitrogen and oxygen atoms in total. The van der Waals surface area contributed by atoms with Crippen LogP contribution < -0.4 is 19.5 Å². The van der Waals surface area contributed by atoms with Crippen molar-refractivity contribution in [3.63, 3.8) is 0 Å². The lowest BCUT2D eigenvalue weighted by Crippen LogP contribution is -2.20. The fraction of sp³-hybridized carbons (Fsp3) is 0.235. The molecule has 0 aromatic heterocycles. The van der Waals surface area contributed by atoms with Crippen molar-refractivity contribution in [2.24, 2.45) is 0 Å². The second-order valence-corrected chi connectivity index (χ2v) is 4.81. The predicted molar refractivity (Wildman–Crippen MR) is 84.9 cm³/mol. The lowest BCUT2D eigenvalue weighted by Gasteiger charge is -2.10. The van der Waals surface area contributed by atoms with E-state index in [9.17, 15) is 18.0 Å². The Hall–Kier alpha value is -2.90. The van der Waals surface area contributed by atoms with Crippen LogP contribution in [0.5, 0.6) is 17.2 Å². The van der Waals surface area contributed by atoms with Crippen LogP contribution in [-0.2, 0) is 4.79 Å². The second-order valence-electron chi connectivity index (χ2n) is 4.81. The van der Waals surface area contributed by atoms with Gasteiger partial charge in [-0.15, -0.1) is 13.2 Å². The zero-order valence-corrected chi connectivity index (χ0v) is 13.3. The van der Waals surface area contributed by atoms with Crippen molar-refractivity contribution in [2.45, 2.75) is 13.3 Å². The molecule has 0 saturated heterocycles. The molecule has 2 rings (SSSR count). The van der Waals surface area contributed by atoms with Crippen LogP contribution in [0.15, 0.2) is 48.5 Å². The number of hydrogen-bond acceptors (Lipinski definition) is 4. The van der Waals surface area contributed by atoms with E-state index in [0.717, 1.165) is 12.1 Å². The maximum atomic E-state index is 12.1. The van der Waals surface area contributed by atoms with Gasteiger partial charge >= 0.3 is 6.36 Å². The van der Waals surface area contributed by atoms with Crippen molar-refractivity contribution >= 4 is 11.6 Å². The molecule has 25 heavy (non-hydrogen) atoms. The van der Waals surface area contributed by atoms with Crippen molar-refractivity contribution in [3.8, 4) is 17.2 Å². The first-order valence-electron chi connectivity index (χ1n) is 7.37. The molecule has 134 valence electrons. The first-order chi connectivity index (χ1) is 11.9. The molecule has 0 aliphatic rings. The summed E-state index contributed by atoms with van der Waals surface area (Å²) in [7, 11) is 0. The van der Waals surface area contributed by atoms with Gasteiger partial charge in [-0.25, -0.2) is 0 Å². The Morgan fingerprint density at radius 1 is 0.920 bits per heavy atom. The minimum absolute atomic E-state index is 0.241. The van der Waals surface area contributed by atoms with E-state index in [2.05, 4.69) is 10.1 Å². The summed E-state index contributed by atoms with van der Waals surface area (Å²) in [6, 6.07) is 11.6. The molecule has 2 aromatic carbocycles. The monoisotopic (exact) mass is 355 g/mol. The van der Waals surface area contributed by atoms with Gasteiger partial charge in [0.2, 0.25) is 0 Å². The summed E-state index contributed by atoms with van der Waals surface area (Å²) in [5, 5.41) is 2.51. The highest BCUT2D eigenvalue weighted by Crippen LogP contribution is 2.24. The summed E-state index contributed by atoms with van der Waals surface area (Å²) in [4.78, 5) is 11.8. The molecule has 0 saturated carbocycles. The Balaban J connectivity index is 1.81. The number of rotatable bonds is 7. The minimum atomic E-state index is -4.75. The van der Waals surface area contributed by atoms with E-state index in [1.165, 1.54) is 12.1 Å². The number of ether oxygens (including phenoxy) is 3. The number of halogens is 3. The van der Waals surface area contributed by atoms with E-state index in [4.69, 9.17) is 9.47 Å². The standard InChI is InChI=1S/C17H16F3NO4/c1-2-23-13-7-9-14(10-8-13)24-11-16(22)21-12-3-5-15(6-4-12)25-17(18,19)20/h3-10H,2,11H2,1H3,(H,21,22). The molecule has 0 atom stereocenters. The molecule has 0 bridgehead atoms. The second kappa shape index (κ2) is 8.27. The largest absolute Gasteiger partial charge is 0.573 e. The van der Waals surface area contributed by atoms with Gasteiger partial charge in [-0.05, 0) is 55.5 Å². The van der Waals surface area contributed by atoms with E-state index in [1.54, 1.807) is 24.3 Å². The summed E-state index contributed by atoms with van der Waals surface area (Å²) < 4.78 is 50.6. The van der Waals surface area contributed by atoms with Crippen molar-refractivity contribution in [2.75, 3.05) is 18.5 Å². The number of alkyl halides is 3. The van der Waals surface area contributed by atoms with Gasteiger partial charge in [-0.2, -0.15) is 0 Å². The van der Waals surface area contributed by atoms with Crippen molar-refractivity contribution < 1.29 is 32.2 Å². The molecule has 8 heteroatoms. The third kappa shape index (κ3) is 6.62. The Labute approximate surface area is 142 Å². The van der Waals surface area contributed by atoms with Gasteiger partial charge in [-0.3, -0.25) is 4.79 Å².